The number of halogens is 1. The highest BCUT2D eigenvalue weighted by atomic mass is 127. The standard InChI is InChI=1S/C23H22IN5O2/c1-29(2)21(25)16-7-9-17(10-8-16)22(30)27-19-11-6-15(14-24)13-18(19)23(31)28-20-5-3-4-12-26-20/h3-13,25H,14H2,1-2H3,(H,27,30)(H,26,28,31). The van der Waals surface area contributed by atoms with Crippen molar-refractivity contribution in [2.24, 2.45) is 0 Å². The Morgan fingerprint density at radius 1 is 0.968 bits per heavy atom. The van der Waals surface area contributed by atoms with E-state index in [-0.39, 0.29) is 11.8 Å². The summed E-state index contributed by atoms with van der Waals surface area (Å²) in [4.78, 5) is 31.5. The van der Waals surface area contributed by atoms with Gasteiger partial charge in [0.05, 0.1) is 11.3 Å². The summed E-state index contributed by atoms with van der Waals surface area (Å²) in [7, 11) is 3.58. The number of amidine groups is 1. The molecule has 8 heteroatoms. The summed E-state index contributed by atoms with van der Waals surface area (Å²) < 4.78 is 0.731. The molecule has 0 saturated heterocycles. The zero-order valence-corrected chi connectivity index (χ0v) is 19.3. The highest BCUT2D eigenvalue weighted by molar-refractivity contribution is 14.1. The quantitative estimate of drug-likeness (QED) is 0.192. The summed E-state index contributed by atoms with van der Waals surface area (Å²) in [5, 5.41) is 13.6. The summed E-state index contributed by atoms with van der Waals surface area (Å²) in [5.41, 5.74) is 2.89. The maximum atomic E-state index is 12.9. The van der Waals surface area contributed by atoms with Crippen LogP contribution in [-0.2, 0) is 4.43 Å². The summed E-state index contributed by atoms with van der Waals surface area (Å²) in [6.45, 7) is 0. The molecule has 0 atom stereocenters. The Balaban J connectivity index is 1.82. The number of carbonyl (C=O) groups excluding carboxylic acids is 2. The van der Waals surface area contributed by atoms with Crippen LogP contribution in [0.15, 0.2) is 66.9 Å². The highest BCUT2D eigenvalue weighted by Crippen LogP contribution is 2.22. The molecule has 0 spiro atoms. The van der Waals surface area contributed by atoms with Crippen molar-refractivity contribution in [3.63, 3.8) is 0 Å². The molecule has 2 amide bonds. The first-order chi connectivity index (χ1) is 14.9. The van der Waals surface area contributed by atoms with Crippen LogP contribution >= 0.6 is 22.6 Å². The van der Waals surface area contributed by atoms with Gasteiger partial charge in [-0.15, -0.1) is 0 Å². The number of amides is 2. The highest BCUT2D eigenvalue weighted by Gasteiger charge is 2.16. The third-order valence-electron chi connectivity index (χ3n) is 4.51. The van der Waals surface area contributed by atoms with Gasteiger partial charge in [0.1, 0.15) is 11.7 Å². The Kier molecular flexibility index (Phi) is 7.35. The van der Waals surface area contributed by atoms with Gasteiger partial charge in [-0.3, -0.25) is 15.0 Å². The SMILES string of the molecule is CN(C)C(=N)c1ccc(C(=O)Nc2ccc(CI)cc2C(=O)Nc2ccccn2)cc1. The van der Waals surface area contributed by atoms with Crippen molar-refractivity contribution < 1.29 is 9.59 Å². The predicted molar refractivity (Wildman–Crippen MR) is 131 cm³/mol. The molecule has 7 nitrogen and oxygen atoms in total. The lowest BCUT2D eigenvalue weighted by atomic mass is 10.1. The lowest BCUT2D eigenvalue weighted by Crippen LogP contribution is -2.22. The average molecular weight is 527 g/mol. The first kappa shape index (κ1) is 22.4. The van der Waals surface area contributed by atoms with Crippen molar-refractivity contribution in [1.29, 1.82) is 5.41 Å². The van der Waals surface area contributed by atoms with Gasteiger partial charge in [-0.25, -0.2) is 4.98 Å². The topological polar surface area (TPSA) is 98.2 Å². The molecule has 1 aromatic heterocycles. The second-order valence-corrected chi connectivity index (χ2v) is 7.72. The molecule has 0 fully saturated rings. The van der Waals surface area contributed by atoms with Gasteiger partial charge in [0.15, 0.2) is 0 Å². The smallest absolute Gasteiger partial charge is 0.258 e. The molecule has 1 heterocycles. The van der Waals surface area contributed by atoms with Gasteiger partial charge in [-0.05, 0) is 42.0 Å². The number of alkyl halides is 1. The molecule has 0 aliphatic heterocycles. The number of hydrogen-bond donors (Lipinski definition) is 3. The first-order valence-corrected chi connectivity index (χ1v) is 11.0. The van der Waals surface area contributed by atoms with Crippen LogP contribution in [0.3, 0.4) is 0 Å². The monoisotopic (exact) mass is 527 g/mol. The van der Waals surface area contributed by atoms with E-state index in [2.05, 4.69) is 38.2 Å². The van der Waals surface area contributed by atoms with Crippen LogP contribution in [0.2, 0.25) is 0 Å². The Labute approximate surface area is 194 Å². The van der Waals surface area contributed by atoms with Gasteiger partial charge in [-0.2, -0.15) is 0 Å². The van der Waals surface area contributed by atoms with Crippen molar-refractivity contribution in [3.05, 3.63) is 89.1 Å². The van der Waals surface area contributed by atoms with Gasteiger partial charge >= 0.3 is 0 Å². The molecule has 0 aliphatic rings. The van der Waals surface area contributed by atoms with Crippen LogP contribution in [-0.4, -0.2) is 41.6 Å². The second-order valence-electron chi connectivity index (χ2n) is 6.96. The van der Waals surface area contributed by atoms with Gasteiger partial charge in [-0.1, -0.05) is 46.9 Å². The molecule has 0 bridgehead atoms. The van der Waals surface area contributed by atoms with Crippen LogP contribution in [0.4, 0.5) is 11.5 Å². The van der Waals surface area contributed by atoms with Crippen LogP contribution in [0, 0.1) is 5.41 Å². The van der Waals surface area contributed by atoms with Crippen molar-refractivity contribution in [1.82, 2.24) is 9.88 Å². The van der Waals surface area contributed by atoms with Gasteiger partial charge in [0.25, 0.3) is 11.8 Å². The fourth-order valence-electron chi connectivity index (χ4n) is 2.82. The van der Waals surface area contributed by atoms with E-state index >= 15 is 0 Å². The van der Waals surface area contributed by atoms with E-state index in [1.54, 1.807) is 79.8 Å². The minimum atomic E-state index is -0.351. The number of anilines is 2. The Morgan fingerprint density at radius 2 is 1.68 bits per heavy atom. The van der Waals surface area contributed by atoms with E-state index in [0.717, 1.165) is 9.99 Å². The number of nitrogens with one attached hydrogen (secondary N) is 3. The minimum absolute atomic E-state index is 0.336. The third kappa shape index (κ3) is 5.66. The Bertz CT molecular complexity index is 1100. The molecule has 3 aromatic rings. The van der Waals surface area contributed by atoms with E-state index in [1.807, 2.05) is 6.07 Å². The average Bonchev–Trinajstić information content (AvgIpc) is 2.79. The van der Waals surface area contributed by atoms with E-state index in [1.165, 1.54) is 0 Å². The molecular formula is C23H22IN5O2. The minimum Gasteiger partial charge on any atom is -0.363 e. The zero-order chi connectivity index (χ0) is 22.4. The molecule has 0 aliphatic carbocycles. The second kappa shape index (κ2) is 10.2. The van der Waals surface area contributed by atoms with E-state index < -0.39 is 0 Å². The predicted octanol–water partition coefficient (Wildman–Crippen LogP) is 4.41. The van der Waals surface area contributed by atoms with Gasteiger partial charge < -0.3 is 15.5 Å². The fraction of sp³-hybridized carbons (Fsp3) is 0.130. The Morgan fingerprint density at radius 3 is 2.29 bits per heavy atom. The number of hydrogen-bond acceptors (Lipinski definition) is 4. The molecule has 0 unspecified atom stereocenters. The van der Waals surface area contributed by atoms with Crippen LogP contribution < -0.4 is 10.6 Å². The van der Waals surface area contributed by atoms with Gasteiger partial charge in [0, 0.05) is 35.8 Å². The van der Waals surface area contributed by atoms with Crippen LogP contribution in [0.5, 0.6) is 0 Å². The van der Waals surface area contributed by atoms with Crippen LogP contribution in [0.1, 0.15) is 31.8 Å². The lowest BCUT2D eigenvalue weighted by molar-refractivity contribution is 0.102. The number of carbonyl (C=O) groups is 2. The molecular weight excluding hydrogens is 505 g/mol. The molecule has 2 aromatic carbocycles. The van der Waals surface area contributed by atoms with E-state index in [0.29, 0.717) is 34.0 Å². The third-order valence-corrected chi connectivity index (χ3v) is 5.39. The number of aromatic nitrogens is 1. The van der Waals surface area contributed by atoms with E-state index in [9.17, 15) is 9.59 Å². The van der Waals surface area contributed by atoms with Crippen LogP contribution in [0.25, 0.3) is 0 Å². The zero-order valence-electron chi connectivity index (χ0n) is 17.1. The maximum Gasteiger partial charge on any atom is 0.258 e. The Hall–Kier alpha value is -3.27. The van der Waals surface area contributed by atoms with Crippen molar-refractivity contribution in [2.75, 3.05) is 24.7 Å². The molecule has 0 saturated carbocycles. The van der Waals surface area contributed by atoms with Crippen molar-refractivity contribution in [3.8, 4) is 0 Å². The molecule has 3 rings (SSSR count). The van der Waals surface area contributed by atoms with E-state index in [4.69, 9.17) is 5.41 Å². The molecule has 0 radical (unpaired) electrons. The molecule has 31 heavy (non-hydrogen) atoms. The van der Waals surface area contributed by atoms with Crippen molar-refractivity contribution >= 4 is 51.7 Å². The number of nitrogens with zero attached hydrogens (tertiary/aromatic N) is 2. The first-order valence-electron chi connectivity index (χ1n) is 9.48. The number of rotatable bonds is 6. The molecule has 3 N–H and O–H groups in total. The summed E-state index contributed by atoms with van der Waals surface area (Å²) in [6.07, 6.45) is 1.60. The number of pyridine rings is 1. The normalized spacial score (nSPS) is 10.3. The number of benzene rings is 2. The largest absolute Gasteiger partial charge is 0.363 e. The molecule has 158 valence electrons. The lowest BCUT2D eigenvalue weighted by Gasteiger charge is -2.15. The summed E-state index contributed by atoms with van der Waals surface area (Å²) in [5.74, 6) is 0.103. The summed E-state index contributed by atoms with van der Waals surface area (Å²) in [6, 6.07) is 17.4. The van der Waals surface area contributed by atoms with Crippen molar-refractivity contribution in [2.45, 2.75) is 4.43 Å². The maximum absolute atomic E-state index is 12.9. The fourth-order valence-corrected chi connectivity index (χ4v) is 3.30. The summed E-state index contributed by atoms with van der Waals surface area (Å²) >= 11 is 2.22. The van der Waals surface area contributed by atoms with Gasteiger partial charge in [0.2, 0.25) is 0 Å².